The molecule has 0 spiro atoms. The van der Waals surface area contributed by atoms with E-state index in [1.165, 1.54) is 18.2 Å². The molecule has 2 aromatic rings. The van der Waals surface area contributed by atoms with Crippen molar-refractivity contribution in [3.8, 4) is 0 Å². The molecule has 0 amide bonds. The van der Waals surface area contributed by atoms with E-state index in [0.717, 1.165) is 24.3 Å². The third-order valence-electron chi connectivity index (χ3n) is 2.66. The molecule has 0 heterocycles. The second kappa shape index (κ2) is 5.64. The molecular formula is C14H10F3NO2. The normalized spacial score (nSPS) is 11.9. The van der Waals surface area contributed by atoms with Crippen molar-refractivity contribution < 1.29 is 23.1 Å². The zero-order chi connectivity index (χ0) is 14.7. The first-order valence-corrected chi connectivity index (χ1v) is 5.67. The summed E-state index contributed by atoms with van der Waals surface area (Å²) in [6, 6.07) is 6.67. The number of halogens is 3. The molecule has 0 aliphatic rings. The Morgan fingerprint density at radius 1 is 1.05 bits per heavy atom. The monoisotopic (exact) mass is 281 g/mol. The number of nitrogens with one attached hydrogen (secondary N) is 1. The van der Waals surface area contributed by atoms with E-state index in [2.05, 4.69) is 5.32 Å². The molecule has 6 heteroatoms. The highest BCUT2D eigenvalue weighted by atomic mass is 19.2. The Morgan fingerprint density at radius 2 is 1.80 bits per heavy atom. The van der Waals surface area contributed by atoms with Crippen molar-refractivity contribution >= 4 is 11.7 Å². The molecule has 2 aromatic carbocycles. The number of carboxylic acids is 1. The van der Waals surface area contributed by atoms with Gasteiger partial charge in [0.2, 0.25) is 0 Å². The summed E-state index contributed by atoms with van der Waals surface area (Å²) in [6.07, 6.45) is 0. The van der Waals surface area contributed by atoms with Crippen molar-refractivity contribution in [2.45, 2.75) is 6.04 Å². The summed E-state index contributed by atoms with van der Waals surface area (Å²) in [5, 5.41) is 11.7. The van der Waals surface area contributed by atoms with Gasteiger partial charge < -0.3 is 10.4 Å². The van der Waals surface area contributed by atoms with E-state index in [-0.39, 0.29) is 11.3 Å². The van der Waals surface area contributed by atoms with Gasteiger partial charge in [0.1, 0.15) is 5.82 Å². The molecule has 0 bridgehead atoms. The summed E-state index contributed by atoms with van der Waals surface area (Å²) in [7, 11) is 0. The molecule has 0 aromatic heterocycles. The first-order chi connectivity index (χ1) is 9.47. The molecule has 0 aliphatic carbocycles. The van der Waals surface area contributed by atoms with E-state index in [4.69, 9.17) is 5.11 Å². The maximum Gasteiger partial charge on any atom is 0.330 e. The number of anilines is 1. The largest absolute Gasteiger partial charge is 0.479 e. The lowest BCUT2D eigenvalue weighted by Crippen LogP contribution is -2.20. The Morgan fingerprint density at radius 3 is 2.40 bits per heavy atom. The molecular weight excluding hydrogens is 271 g/mol. The van der Waals surface area contributed by atoms with Gasteiger partial charge in [-0.05, 0) is 35.9 Å². The van der Waals surface area contributed by atoms with E-state index in [1.54, 1.807) is 0 Å². The number of aliphatic carboxylic acids is 1. The topological polar surface area (TPSA) is 49.3 Å². The number of carbonyl (C=O) groups is 1. The number of rotatable bonds is 4. The number of hydrogen-bond donors (Lipinski definition) is 2. The van der Waals surface area contributed by atoms with Gasteiger partial charge in [-0.25, -0.2) is 18.0 Å². The molecule has 0 radical (unpaired) electrons. The SMILES string of the molecule is O=C(O)C(Nc1cccc(F)c1)c1ccc(F)c(F)c1. The second-order valence-electron chi connectivity index (χ2n) is 4.10. The van der Waals surface area contributed by atoms with Gasteiger partial charge in [0, 0.05) is 5.69 Å². The molecule has 0 aliphatic heterocycles. The van der Waals surface area contributed by atoms with Crippen molar-refractivity contribution in [1.82, 2.24) is 0 Å². The van der Waals surface area contributed by atoms with Crippen LogP contribution < -0.4 is 5.32 Å². The summed E-state index contributed by atoms with van der Waals surface area (Å²) < 4.78 is 39.0. The third-order valence-corrected chi connectivity index (χ3v) is 2.66. The first-order valence-electron chi connectivity index (χ1n) is 5.67. The van der Waals surface area contributed by atoms with Crippen molar-refractivity contribution in [2.75, 3.05) is 5.32 Å². The fourth-order valence-electron chi connectivity index (χ4n) is 1.72. The molecule has 104 valence electrons. The van der Waals surface area contributed by atoms with E-state index >= 15 is 0 Å². The van der Waals surface area contributed by atoms with Crippen LogP contribution in [0.15, 0.2) is 42.5 Å². The van der Waals surface area contributed by atoms with Gasteiger partial charge in [0.15, 0.2) is 17.7 Å². The standard InChI is InChI=1S/C14H10F3NO2/c15-9-2-1-3-10(7-9)18-13(14(19)20)8-4-5-11(16)12(17)6-8/h1-7,13,18H,(H,19,20). The van der Waals surface area contributed by atoms with Crippen LogP contribution in [0.3, 0.4) is 0 Å². The quantitative estimate of drug-likeness (QED) is 0.903. The fraction of sp³-hybridized carbons (Fsp3) is 0.0714. The minimum absolute atomic E-state index is 0.0284. The highest BCUT2D eigenvalue weighted by Crippen LogP contribution is 2.22. The van der Waals surface area contributed by atoms with Crippen LogP contribution in [0.4, 0.5) is 18.9 Å². The fourth-order valence-corrected chi connectivity index (χ4v) is 1.72. The average molecular weight is 281 g/mol. The van der Waals surface area contributed by atoms with E-state index < -0.39 is 29.5 Å². The lowest BCUT2D eigenvalue weighted by Gasteiger charge is -2.16. The predicted octanol–water partition coefficient (Wildman–Crippen LogP) is 3.34. The Labute approximate surface area is 112 Å². The number of hydrogen-bond acceptors (Lipinski definition) is 2. The van der Waals surface area contributed by atoms with E-state index in [1.807, 2.05) is 0 Å². The van der Waals surface area contributed by atoms with Crippen molar-refractivity contribution in [3.05, 3.63) is 65.5 Å². The minimum Gasteiger partial charge on any atom is -0.479 e. The Bertz CT molecular complexity index is 646. The molecule has 20 heavy (non-hydrogen) atoms. The summed E-state index contributed by atoms with van der Waals surface area (Å²) in [5.74, 6) is -4.04. The smallest absolute Gasteiger partial charge is 0.330 e. The summed E-state index contributed by atoms with van der Waals surface area (Å²) >= 11 is 0. The maximum atomic E-state index is 13.2. The van der Waals surface area contributed by atoms with E-state index in [0.29, 0.717) is 0 Å². The van der Waals surface area contributed by atoms with Crippen LogP contribution in [0.1, 0.15) is 11.6 Å². The molecule has 2 rings (SSSR count). The average Bonchev–Trinajstić information content (AvgIpc) is 2.39. The van der Waals surface area contributed by atoms with Crippen LogP contribution in [0.2, 0.25) is 0 Å². The lowest BCUT2D eigenvalue weighted by molar-refractivity contribution is -0.138. The minimum atomic E-state index is -1.31. The zero-order valence-electron chi connectivity index (χ0n) is 10.1. The third kappa shape index (κ3) is 3.09. The van der Waals surface area contributed by atoms with Gasteiger partial charge in [-0.1, -0.05) is 12.1 Å². The molecule has 0 fully saturated rings. The van der Waals surface area contributed by atoms with Crippen LogP contribution >= 0.6 is 0 Å². The Balaban J connectivity index is 2.32. The molecule has 3 nitrogen and oxygen atoms in total. The van der Waals surface area contributed by atoms with Gasteiger partial charge in [-0.2, -0.15) is 0 Å². The van der Waals surface area contributed by atoms with Crippen LogP contribution in [-0.2, 0) is 4.79 Å². The zero-order valence-corrected chi connectivity index (χ0v) is 10.1. The van der Waals surface area contributed by atoms with Gasteiger partial charge in [-0.15, -0.1) is 0 Å². The van der Waals surface area contributed by atoms with Crippen LogP contribution in [-0.4, -0.2) is 11.1 Å². The molecule has 0 saturated carbocycles. The maximum absolute atomic E-state index is 13.2. The summed E-state index contributed by atoms with van der Waals surface area (Å²) in [4.78, 5) is 11.2. The van der Waals surface area contributed by atoms with Gasteiger partial charge in [0.05, 0.1) is 0 Å². The van der Waals surface area contributed by atoms with Crippen LogP contribution in [0.25, 0.3) is 0 Å². The molecule has 2 N–H and O–H groups in total. The Kier molecular flexibility index (Phi) is 3.93. The highest BCUT2D eigenvalue weighted by molar-refractivity contribution is 5.79. The second-order valence-corrected chi connectivity index (χ2v) is 4.10. The highest BCUT2D eigenvalue weighted by Gasteiger charge is 2.21. The van der Waals surface area contributed by atoms with Gasteiger partial charge in [-0.3, -0.25) is 0 Å². The Hall–Kier alpha value is -2.50. The summed E-state index contributed by atoms with van der Waals surface area (Å²) in [5.41, 5.74) is 0.253. The van der Waals surface area contributed by atoms with Crippen LogP contribution in [0.5, 0.6) is 0 Å². The van der Waals surface area contributed by atoms with Crippen molar-refractivity contribution in [1.29, 1.82) is 0 Å². The van der Waals surface area contributed by atoms with Crippen molar-refractivity contribution in [2.24, 2.45) is 0 Å². The predicted molar refractivity (Wildman–Crippen MR) is 66.8 cm³/mol. The molecule has 1 atom stereocenters. The van der Waals surface area contributed by atoms with E-state index in [9.17, 15) is 18.0 Å². The number of carboxylic acid groups (broad SMARTS) is 1. The molecule has 1 unspecified atom stereocenters. The summed E-state index contributed by atoms with van der Waals surface area (Å²) in [6.45, 7) is 0. The van der Waals surface area contributed by atoms with Crippen LogP contribution in [0, 0.1) is 17.5 Å². The first kappa shape index (κ1) is 13.9. The van der Waals surface area contributed by atoms with Crippen molar-refractivity contribution in [3.63, 3.8) is 0 Å². The number of benzene rings is 2. The lowest BCUT2D eigenvalue weighted by atomic mass is 10.1. The van der Waals surface area contributed by atoms with Gasteiger partial charge >= 0.3 is 5.97 Å². The molecule has 0 saturated heterocycles. The van der Waals surface area contributed by atoms with Gasteiger partial charge in [0.25, 0.3) is 0 Å².